The van der Waals surface area contributed by atoms with Gasteiger partial charge in [-0.15, -0.1) is 0 Å². The number of nitrogens with zero attached hydrogens (tertiary/aromatic N) is 2. The van der Waals surface area contributed by atoms with Crippen molar-refractivity contribution in [2.75, 3.05) is 33.9 Å². The van der Waals surface area contributed by atoms with Gasteiger partial charge in [0.05, 0.1) is 11.9 Å². The van der Waals surface area contributed by atoms with Crippen LogP contribution in [-0.2, 0) is 19.6 Å². The minimum Gasteiger partial charge on any atom is -0.325 e. The molecule has 1 saturated heterocycles. The highest BCUT2D eigenvalue weighted by Crippen LogP contribution is 2.27. The molecule has 0 aliphatic carbocycles. The summed E-state index contributed by atoms with van der Waals surface area (Å²) >= 11 is 0. The van der Waals surface area contributed by atoms with Crippen molar-refractivity contribution in [3.63, 3.8) is 0 Å². The van der Waals surface area contributed by atoms with E-state index in [2.05, 4.69) is 5.32 Å². The zero-order valence-corrected chi connectivity index (χ0v) is 17.0. The Hall–Kier alpha value is -2.94. The number of benzene rings is 2. The Morgan fingerprint density at radius 2 is 1.90 bits per heavy atom. The third-order valence-electron chi connectivity index (χ3n) is 4.65. The van der Waals surface area contributed by atoms with Gasteiger partial charge in [-0.1, -0.05) is 0 Å². The lowest BCUT2D eigenvalue weighted by Gasteiger charge is -2.22. The van der Waals surface area contributed by atoms with Gasteiger partial charge in [-0.2, -0.15) is 0 Å². The maximum atomic E-state index is 13.1. The number of anilines is 3. The molecule has 0 unspecified atom stereocenters. The molecule has 0 radical (unpaired) electrons. The first kappa shape index (κ1) is 20.8. The number of halogens is 1. The SMILES string of the molecule is Cc1cc(NC(=O)CN(c2ccc(F)cc2)S(C)(=O)=O)ccc1N1CCCC1=O. The molecule has 29 heavy (non-hydrogen) atoms. The Balaban J connectivity index is 1.74. The molecule has 0 saturated carbocycles. The predicted molar refractivity (Wildman–Crippen MR) is 110 cm³/mol. The van der Waals surface area contributed by atoms with Crippen molar-refractivity contribution in [3.05, 3.63) is 53.8 Å². The van der Waals surface area contributed by atoms with Crippen molar-refractivity contribution in [1.82, 2.24) is 0 Å². The molecular weight excluding hydrogens is 397 g/mol. The fourth-order valence-corrected chi connectivity index (χ4v) is 4.13. The zero-order chi connectivity index (χ0) is 21.2. The van der Waals surface area contributed by atoms with Gasteiger partial charge in [0.25, 0.3) is 0 Å². The van der Waals surface area contributed by atoms with Crippen LogP contribution in [0.25, 0.3) is 0 Å². The molecule has 7 nitrogen and oxygen atoms in total. The second-order valence-electron chi connectivity index (χ2n) is 6.94. The van der Waals surface area contributed by atoms with Crippen molar-refractivity contribution in [2.45, 2.75) is 19.8 Å². The number of amides is 2. The van der Waals surface area contributed by atoms with Crippen LogP contribution in [0.3, 0.4) is 0 Å². The summed E-state index contributed by atoms with van der Waals surface area (Å²) in [5, 5.41) is 2.67. The summed E-state index contributed by atoms with van der Waals surface area (Å²) in [6.45, 7) is 2.07. The third-order valence-corrected chi connectivity index (χ3v) is 5.79. The molecule has 3 rings (SSSR count). The number of nitrogens with one attached hydrogen (secondary N) is 1. The quantitative estimate of drug-likeness (QED) is 0.780. The molecule has 1 aliphatic heterocycles. The zero-order valence-electron chi connectivity index (χ0n) is 16.2. The largest absolute Gasteiger partial charge is 0.325 e. The van der Waals surface area contributed by atoms with Crippen molar-refractivity contribution >= 4 is 38.9 Å². The number of sulfonamides is 1. The molecule has 1 N–H and O–H groups in total. The van der Waals surface area contributed by atoms with Gasteiger partial charge in [0.2, 0.25) is 21.8 Å². The highest BCUT2D eigenvalue weighted by Gasteiger charge is 2.24. The maximum absolute atomic E-state index is 13.1. The second-order valence-corrected chi connectivity index (χ2v) is 8.85. The Morgan fingerprint density at radius 3 is 2.45 bits per heavy atom. The van der Waals surface area contributed by atoms with Gasteiger partial charge in [0, 0.05) is 24.3 Å². The summed E-state index contributed by atoms with van der Waals surface area (Å²) in [5.41, 5.74) is 2.32. The second kappa shape index (κ2) is 8.20. The summed E-state index contributed by atoms with van der Waals surface area (Å²) in [6.07, 6.45) is 2.33. The van der Waals surface area contributed by atoms with E-state index in [4.69, 9.17) is 0 Å². The molecule has 0 spiro atoms. The van der Waals surface area contributed by atoms with Crippen molar-refractivity contribution in [3.8, 4) is 0 Å². The molecule has 0 aromatic heterocycles. The van der Waals surface area contributed by atoms with Crippen molar-refractivity contribution in [2.24, 2.45) is 0 Å². The van der Waals surface area contributed by atoms with E-state index in [0.717, 1.165) is 40.4 Å². The summed E-state index contributed by atoms with van der Waals surface area (Å²) < 4.78 is 38.2. The van der Waals surface area contributed by atoms with Crippen LogP contribution in [0, 0.1) is 12.7 Å². The number of aryl methyl sites for hydroxylation is 1. The van der Waals surface area contributed by atoms with Crippen LogP contribution in [0.2, 0.25) is 0 Å². The first-order valence-electron chi connectivity index (χ1n) is 9.09. The average molecular weight is 419 g/mol. The van der Waals surface area contributed by atoms with Gasteiger partial charge in [-0.3, -0.25) is 13.9 Å². The minimum absolute atomic E-state index is 0.0768. The topological polar surface area (TPSA) is 86.8 Å². The van der Waals surface area contributed by atoms with Crippen LogP contribution in [0.4, 0.5) is 21.5 Å². The van der Waals surface area contributed by atoms with E-state index in [-0.39, 0.29) is 11.6 Å². The molecule has 2 aromatic rings. The predicted octanol–water partition coefficient (Wildman–Crippen LogP) is 2.67. The van der Waals surface area contributed by atoms with Crippen LogP contribution < -0.4 is 14.5 Å². The van der Waals surface area contributed by atoms with Gasteiger partial charge in [-0.05, 0) is 61.4 Å². The molecule has 1 heterocycles. The summed E-state index contributed by atoms with van der Waals surface area (Å²) in [7, 11) is -3.74. The fourth-order valence-electron chi connectivity index (χ4n) is 3.28. The van der Waals surface area contributed by atoms with Crippen molar-refractivity contribution < 1.29 is 22.4 Å². The number of rotatable bonds is 6. The van der Waals surface area contributed by atoms with Crippen LogP contribution >= 0.6 is 0 Å². The summed E-state index contributed by atoms with van der Waals surface area (Å²) in [4.78, 5) is 26.1. The third kappa shape index (κ3) is 4.92. The van der Waals surface area contributed by atoms with Gasteiger partial charge in [0.15, 0.2) is 0 Å². The first-order valence-corrected chi connectivity index (χ1v) is 10.9. The highest BCUT2D eigenvalue weighted by molar-refractivity contribution is 7.92. The van der Waals surface area contributed by atoms with Gasteiger partial charge < -0.3 is 10.2 Å². The van der Waals surface area contributed by atoms with E-state index >= 15 is 0 Å². The molecule has 2 aromatic carbocycles. The van der Waals surface area contributed by atoms with Gasteiger partial charge in [-0.25, -0.2) is 12.8 Å². The molecule has 2 amide bonds. The standard InChI is InChI=1S/C20H22FN3O4S/c1-14-12-16(7-10-18(14)23-11-3-4-20(23)26)22-19(25)13-24(29(2,27)28)17-8-5-15(21)6-9-17/h5-10,12H,3-4,11,13H2,1-2H3,(H,22,25). The van der Waals surface area contributed by atoms with Crippen LogP contribution in [0.5, 0.6) is 0 Å². The van der Waals surface area contributed by atoms with E-state index in [1.807, 2.05) is 6.92 Å². The van der Waals surface area contributed by atoms with Gasteiger partial charge >= 0.3 is 0 Å². The van der Waals surface area contributed by atoms with E-state index in [0.29, 0.717) is 18.7 Å². The molecule has 0 atom stereocenters. The van der Waals surface area contributed by atoms with Crippen LogP contribution in [0.15, 0.2) is 42.5 Å². The number of hydrogen-bond acceptors (Lipinski definition) is 4. The van der Waals surface area contributed by atoms with E-state index in [1.54, 1.807) is 23.1 Å². The van der Waals surface area contributed by atoms with Crippen molar-refractivity contribution in [1.29, 1.82) is 0 Å². The molecular formula is C20H22FN3O4S. The molecule has 9 heteroatoms. The smallest absolute Gasteiger partial charge is 0.245 e. The van der Waals surface area contributed by atoms with E-state index in [1.165, 1.54) is 12.1 Å². The minimum atomic E-state index is -3.74. The van der Waals surface area contributed by atoms with E-state index in [9.17, 15) is 22.4 Å². The van der Waals surface area contributed by atoms with E-state index < -0.39 is 28.3 Å². The average Bonchev–Trinajstić information content (AvgIpc) is 3.06. The highest BCUT2D eigenvalue weighted by atomic mass is 32.2. The summed E-state index contributed by atoms with van der Waals surface area (Å²) in [6, 6.07) is 10.0. The lowest BCUT2D eigenvalue weighted by Crippen LogP contribution is -2.37. The number of carbonyl (C=O) groups excluding carboxylic acids is 2. The van der Waals surface area contributed by atoms with Crippen LogP contribution in [-0.4, -0.2) is 39.6 Å². The first-order chi connectivity index (χ1) is 13.6. The number of carbonyl (C=O) groups is 2. The van der Waals surface area contributed by atoms with Crippen LogP contribution in [0.1, 0.15) is 18.4 Å². The summed E-state index contributed by atoms with van der Waals surface area (Å²) in [5.74, 6) is -0.962. The molecule has 1 aliphatic rings. The molecule has 154 valence electrons. The molecule has 1 fully saturated rings. The Bertz CT molecular complexity index is 1040. The fraction of sp³-hybridized carbons (Fsp3) is 0.300. The lowest BCUT2D eigenvalue weighted by molar-refractivity contribution is -0.117. The lowest BCUT2D eigenvalue weighted by atomic mass is 10.1. The normalized spacial score (nSPS) is 14.2. The Kier molecular flexibility index (Phi) is 5.88. The molecule has 0 bridgehead atoms. The number of hydrogen-bond donors (Lipinski definition) is 1. The maximum Gasteiger partial charge on any atom is 0.245 e. The Morgan fingerprint density at radius 1 is 1.21 bits per heavy atom. The monoisotopic (exact) mass is 419 g/mol. The Labute approximate surface area is 169 Å². The van der Waals surface area contributed by atoms with Gasteiger partial charge in [0.1, 0.15) is 12.4 Å².